The van der Waals surface area contributed by atoms with Crippen LogP contribution in [0.4, 0.5) is 4.39 Å². The summed E-state index contributed by atoms with van der Waals surface area (Å²) in [6.07, 6.45) is 2.30. The van der Waals surface area contributed by atoms with Gasteiger partial charge in [-0.1, -0.05) is 18.2 Å². The number of hydrogen-bond acceptors (Lipinski definition) is 2. The first-order valence-electron chi connectivity index (χ1n) is 6.43. The van der Waals surface area contributed by atoms with Gasteiger partial charge in [-0.05, 0) is 30.7 Å². The van der Waals surface area contributed by atoms with Crippen molar-refractivity contribution in [1.82, 2.24) is 4.90 Å². The minimum absolute atomic E-state index is 0.0822. The molecule has 3 heteroatoms. The van der Waals surface area contributed by atoms with Gasteiger partial charge in [0.15, 0.2) is 0 Å². The van der Waals surface area contributed by atoms with Crippen molar-refractivity contribution in [1.29, 1.82) is 0 Å². The molecule has 3 rings (SSSR count). The summed E-state index contributed by atoms with van der Waals surface area (Å²) in [5.74, 6) is 1.41. The molecule has 92 valence electrons. The van der Waals surface area contributed by atoms with Gasteiger partial charge in [0.05, 0.1) is 0 Å². The van der Waals surface area contributed by atoms with Crippen LogP contribution >= 0.6 is 0 Å². The predicted octanol–water partition coefficient (Wildman–Crippen LogP) is 1.99. The molecule has 0 radical (unpaired) electrons. The minimum Gasteiger partial charge on any atom is -0.328 e. The second kappa shape index (κ2) is 4.39. The molecule has 1 saturated heterocycles. The van der Waals surface area contributed by atoms with Crippen LogP contribution in [0.15, 0.2) is 24.3 Å². The van der Waals surface area contributed by atoms with Gasteiger partial charge in [0.25, 0.3) is 0 Å². The Morgan fingerprint density at radius 2 is 1.82 bits per heavy atom. The number of halogens is 1. The average Bonchev–Trinajstić information content (AvgIpc) is 2.78. The molecule has 0 amide bonds. The van der Waals surface area contributed by atoms with E-state index in [9.17, 15) is 4.39 Å². The molecule has 2 aliphatic rings. The molecule has 1 aliphatic carbocycles. The highest BCUT2D eigenvalue weighted by Gasteiger charge is 2.39. The summed E-state index contributed by atoms with van der Waals surface area (Å²) >= 11 is 0. The van der Waals surface area contributed by atoms with E-state index in [4.69, 9.17) is 5.73 Å². The molecule has 1 heterocycles. The molecule has 0 spiro atoms. The third-order valence-corrected chi connectivity index (χ3v) is 4.21. The molecule has 2 fully saturated rings. The first kappa shape index (κ1) is 11.2. The summed E-state index contributed by atoms with van der Waals surface area (Å²) < 4.78 is 13.5. The van der Waals surface area contributed by atoms with Gasteiger partial charge < -0.3 is 5.73 Å². The van der Waals surface area contributed by atoms with Gasteiger partial charge >= 0.3 is 0 Å². The Morgan fingerprint density at radius 1 is 1.18 bits per heavy atom. The number of benzene rings is 1. The van der Waals surface area contributed by atoms with Crippen molar-refractivity contribution in [3.63, 3.8) is 0 Å². The maximum atomic E-state index is 13.5. The maximum Gasteiger partial charge on any atom is 0.127 e. The molecule has 1 aromatic rings. The summed E-state index contributed by atoms with van der Waals surface area (Å²) in [5.41, 5.74) is 6.79. The summed E-state index contributed by atoms with van der Waals surface area (Å²) in [4.78, 5) is 2.37. The first-order chi connectivity index (χ1) is 8.22. The SMILES string of the molecule is NC1CC2CN(Cc3ccccc3F)C[C@@H]2C1. The second-order valence-electron chi connectivity index (χ2n) is 5.54. The zero-order chi connectivity index (χ0) is 11.8. The molecule has 2 nitrogen and oxygen atoms in total. The van der Waals surface area contributed by atoms with E-state index in [0.29, 0.717) is 6.04 Å². The Balaban J connectivity index is 1.64. The van der Waals surface area contributed by atoms with Gasteiger partial charge in [0.2, 0.25) is 0 Å². The predicted molar refractivity (Wildman–Crippen MR) is 65.9 cm³/mol. The maximum absolute atomic E-state index is 13.5. The van der Waals surface area contributed by atoms with Crippen LogP contribution in [0.1, 0.15) is 18.4 Å². The van der Waals surface area contributed by atoms with E-state index in [-0.39, 0.29) is 5.82 Å². The summed E-state index contributed by atoms with van der Waals surface area (Å²) in [6.45, 7) is 2.92. The molecular formula is C14H19FN2. The Labute approximate surface area is 102 Å². The third-order valence-electron chi connectivity index (χ3n) is 4.21. The molecule has 3 atom stereocenters. The highest BCUT2D eigenvalue weighted by atomic mass is 19.1. The van der Waals surface area contributed by atoms with Crippen molar-refractivity contribution >= 4 is 0 Å². The van der Waals surface area contributed by atoms with Crippen LogP contribution in [-0.4, -0.2) is 24.0 Å². The molecule has 1 saturated carbocycles. The number of fused-ring (bicyclic) bond motifs is 1. The van der Waals surface area contributed by atoms with Crippen LogP contribution in [-0.2, 0) is 6.54 Å². The van der Waals surface area contributed by atoms with E-state index in [1.807, 2.05) is 12.1 Å². The van der Waals surface area contributed by atoms with Crippen molar-refractivity contribution in [2.24, 2.45) is 17.6 Å². The van der Waals surface area contributed by atoms with Crippen molar-refractivity contribution in [2.45, 2.75) is 25.4 Å². The van der Waals surface area contributed by atoms with E-state index >= 15 is 0 Å². The monoisotopic (exact) mass is 234 g/mol. The van der Waals surface area contributed by atoms with Crippen LogP contribution in [0.5, 0.6) is 0 Å². The van der Waals surface area contributed by atoms with Crippen LogP contribution in [0.3, 0.4) is 0 Å². The smallest absolute Gasteiger partial charge is 0.127 e. The standard InChI is InChI=1S/C14H19FN2/c15-14-4-2-1-3-10(14)7-17-8-11-5-13(16)6-12(11)9-17/h1-4,11-13H,5-9,16H2/t11-,12?,13?/m0/s1. The lowest BCUT2D eigenvalue weighted by molar-refractivity contribution is 0.295. The lowest BCUT2D eigenvalue weighted by Crippen LogP contribution is -2.25. The average molecular weight is 234 g/mol. The lowest BCUT2D eigenvalue weighted by Gasteiger charge is -2.18. The fraction of sp³-hybridized carbons (Fsp3) is 0.571. The summed E-state index contributed by atoms with van der Waals surface area (Å²) in [7, 11) is 0. The molecule has 2 unspecified atom stereocenters. The Hall–Kier alpha value is -0.930. The van der Waals surface area contributed by atoms with Crippen molar-refractivity contribution in [2.75, 3.05) is 13.1 Å². The number of nitrogens with zero attached hydrogens (tertiary/aromatic N) is 1. The topological polar surface area (TPSA) is 29.3 Å². The van der Waals surface area contributed by atoms with Crippen LogP contribution in [0.25, 0.3) is 0 Å². The molecule has 1 aromatic carbocycles. The largest absolute Gasteiger partial charge is 0.328 e. The molecular weight excluding hydrogens is 215 g/mol. The highest BCUT2D eigenvalue weighted by Crippen LogP contribution is 2.37. The van der Waals surface area contributed by atoms with E-state index in [1.165, 1.54) is 0 Å². The molecule has 17 heavy (non-hydrogen) atoms. The number of hydrogen-bond donors (Lipinski definition) is 1. The minimum atomic E-state index is -0.0822. The normalized spacial score (nSPS) is 32.9. The molecule has 0 aromatic heterocycles. The van der Waals surface area contributed by atoms with Gasteiger partial charge in [-0.25, -0.2) is 4.39 Å². The van der Waals surface area contributed by atoms with Gasteiger partial charge in [-0.15, -0.1) is 0 Å². The quantitative estimate of drug-likeness (QED) is 0.848. The zero-order valence-corrected chi connectivity index (χ0v) is 9.98. The van der Waals surface area contributed by atoms with Gasteiger partial charge in [0.1, 0.15) is 5.82 Å². The molecule has 0 bridgehead atoms. The van der Waals surface area contributed by atoms with Crippen molar-refractivity contribution < 1.29 is 4.39 Å². The van der Waals surface area contributed by atoms with Crippen LogP contribution in [0, 0.1) is 17.7 Å². The van der Waals surface area contributed by atoms with Gasteiger partial charge in [-0.2, -0.15) is 0 Å². The van der Waals surface area contributed by atoms with E-state index < -0.39 is 0 Å². The third kappa shape index (κ3) is 2.22. The van der Waals surface area contributed by atoms with Gasteiger partial charge in [0, 0.05) is 31.2 Å². The van der Waals surface area contributed by atoms with E-state index in [2.05, 4.69) is 4.90 Å². The molecule has 1 aliphatic heterocycles. The zero-order valence-electron chi connectivity index (χ0n) is 9.98. The Bertz CT molecular complexity index is 393. The fourth-order valence-corrected chi connectivity index (χ4v) is 3.44. The van der Waals surface area contributed by atoms with Gasteiger partial charge in [-0.3, -0.25) is 4.90 Å². The Morgan fingerprint density at radius 3 is 2.47 bits per heavy atom. The molecule has 2 N–H and O–H groups in total. The summed E-state index contributed by atoms with van der Waals surface area (Å²) in [5, 5.41) is 0. The highest BCUT2D eigenvalue weighted by molar-refractivity contribution is 5.17. The number of rotatable bonds is 2. The number of likely N-dealkylation sites (tertiary alicyclic amines) is 1. The summed E-state index contributed by atoms with van der Waals surface area (Å²) in [6, 6.07) is 7.49. The van der Waals surface area contributed by atoms with Crippen molar-refractivity contribution in [3.05, 3.63) is 35.6 Å². The van der Waals surface area contributed by atoms with Crippen LogP contribution < -0.4 is 5.73 Å². The number of nitrogens with two attached hydrogens (primary N) is 1. The first-order valence-corrected chi connectivity index (χ1v) is 6.43. The lowest BCUT2D eigenvalue weighted by atomic mass is 10.0. The van der Waals surface area contributed by atoms with E-state index in [1.54, 1.807) is 12.1 Å². The van der Waals surface area contributed by atoms with Crippen molar-refractivity contribution in [3.8, 4) is 0 Å². The second-order valence-corrected chi connectivity index (χ2v) is 5.54. The fourth-order valence-electron chi connectivity index (χ4n) is 3.44. The van der Waals surface area contributed by atoms with E-state index in [0.717, 1.165) is 49.9 Å². The van der Waals surface area contributed by atoms with Crippen LogP contribution in [0.2, 0.25) is 0 Å². The Kier molecular flexibility index (Phi) is 2.89.